The number of aromatic hydroxyl groups is 2. The van der Waals surface area contributed by atoms with Gasteiger partial charge in [-0.05, 0) is 117 Å². The Hall–Kier alpha value is -6.64. The van der Waals surface area contributed by atoms with E-state index < -0.39 is 71.3 Å². The van der Waals surface area contributed by atoms with E-state index >= 15 is 0 Å². The highest BCUT2D eigenvalue weighted by Gasteiger charge is 2.35. The lowest BCUT2D eigenvalue weighted by atomic mass is 10.1. The van der Waals surface area contributed by atoms with Crippen LogP contribution in [-0.4, -0.2) is 61.2 Å². The maximum absolute atomic E-state index is 13.0. The zero-order valence-corrected chi connectivity index (χ0v) is 41.8. The summed E-state index contributed by atoms with van der Waals surface area (Å²) in [6, 6.07) is 26.5. The van der Waals surface area contributed by atoms with Crippen molar-refractivity contribution in [2.75, 3.05) is 21.3 Å². The summed E-state index contributed by atoms with van der Waals surface area (Å²) in [4.78, 5) is 50.5. The maximum atomic E-state index is 13.0. The van der Waals surface area contributed by atoms with Crippen molar-refractivity contribution in [2.24, 2.45) is 0 Å². The minimum atomic E-state index is -4.56. The van der Waals surface area contributed by atoms with Gasteiger partial charge in [0, 0.05) is 28.3 Å². The Morgan fingerprint density at radius 1 is 0.535 bits per heavy atom. The lowest BCUT2D eigenvalue weighted by Crippen LogP contribution is -2.34. The number of benzene rings is 6. The van der Waals surface area contributed by atoms with Gasteiger partial charge in [-0.15, -0.1) is 0 Å². The molecule has 0 fully saturated rings. The molecule has 0 heterocycles. The van der Waals surface area contributed by atoms with Crippen LogP contribution in [0.15, 0.2) is 131 Å². The van der Waals surface area contributed by atoms with Gasteiger partial charge < -0.3 is 31.5 Å². The minimum Gasteiger partial charge on any atom is -0.506 e. The van der Waals surface area contributed by atoms with Crippen LogP contribution in [0.5, 0.6) is 11.5 Å². The second kappa shape index (κ2) is 23.1. The van der Waals surface area contributed by atoms with Crippen LogP contribution >= 0.6 is 34.8 Å². The van der Waals surface area contributed by atoms with E-state index in [4.69, 9.17) is 34.8 Å². The number of halogens is 6. The molecule has 0 radical (unpaired) electrons. The molecule has 6 aromatic rings. The van der Waals surface area contributed by atoms with Gasteiger partial charge in [0.2, 0.25) is 11.8 Å². The third-order valence-corrected chi connectivity index (χ3v) is 15.8. The van der Waals surface area contributed by atoms with E-state index in [1.54, 1.807) is 50.2 Å². The number of alkyl halides is 3. The van der Waals surface area contributed by atoms with Gasteiger partial charge in [0.25, 0.3) is 11.8 Å². The molecule has 71 heavy (non-hydrogen) atoms. The van der Waals surface area contributed by atoms with Gasteiger partial charge in [0.05, 0.1) is 48.1 Å². The highest BCUT2D eigenvalue weighted by atomic mass is 35.5. The van der Waals surface area contributed by atoms with Gasteiger partial charge >= 0.3 is 6.18 Å². The summed E-state index contributed by atoms with van der Waals surface area (Å²) in [5, 5.41) is 27.9. The number of hydrogen-bond donors (Lipinski definition) is 6. The van der Waals surface area contributed by atoms with Crippen LogP contribution in [0.2, 0.25) is 15.1 Å². The SMILES string of the molecule is CCC(C(=O)Nc1cc(O)c(NC(=O)c2ccc(C(F)(F)F)cc2)cc1Cl)S(=O)(=O)c1cccc(C)c1.CCC(C(=O)Nc1cc(O)c(NC(=O)c2ccc(C)cc2)cc1Cl)S(=O)(=O)c1ccc(Cl)cc1. The molecular weight excluding hydrogens is 1030 g/mol. The van der Waals surface area contributed by atoms with E-state index in [0.717, 1.165) is 48.0 Å². The van der Waals surface area contributed by atoms with E-state index in [2.05, 4.69) is 21.3 Å². The highest BCUT2D eigenvalue weighted by Crippen LogP contribution is 2.37. The molecule has 0 aliphatic carbocycles. The molecule has 374 valence electrons. The Kier molecular flexibility index (Phi) is 18.0. The van der Waals surface area contributed by atoms with Gasteiger partial charge in [-0.25, -0.2) is 16.8 Å². The first kappa shape index (κ1) is 55.3. The molecule has 4 amide bonds. The van der Waals surface area contributed by atoms with Crippen molar-refractivity contribution in [1.29, 1.82) is 0 Å². The summed E-state index contributed by atoms with van der Waals surface area (Å²) in [5.41, 5.74) is 0.817. The summed E-state index contributed by atoms with van der Waals surface area (Å²) < 4.78 is 90.1. The fourth-order valence-electron chi connectivity index (χ4n) is 6.68. The number of rotatable bonds is 14. The minimum absolute atomic E-state index is 0.00209. The van der Waals surface area contributed by atoms with Gasteiger partial charge in [-0.1, -0.05) is 78.5 Å². The highest BCUT2D eigenvalue weighted by molar-refractivity contribution is 7.93. The van der Waals surface area contributed by atoms with Gasteiger partial charge in [-0.3, -0.25) is 19.2 Å². The number of carbonyl (C=O) groups excluding carboxylic acids is 4. The average Bonchev–Trinajstić information content (AvgIpc) is 3.30. The molecule has 0 aliphatic rings. The van der Waals surface area contributed by atoms with Crippen molar-refractivity contribution < 1.29 is 59.4 Å². The lowest BCUT2D eigenvalue weighted by Gasteiger charge is -2.18. The Labute approximate surface area is 422 Å². The van der Waals surface area contributed by atoms with Crippen LogP contribution in [0.1, 0.15) is 64.1 Å². The summed E-state index contributed by atoms with van der Waals surface area (Å²) in [5.74, 6) is -3.82. The predicted octanol–water partition coefficient (Wildman–Crippen LogP) is 11.3. The molecule has 22 heteroatoms. The summed E-state index contributed by atoms with van der Waals surface area (Å²) in [6.07, 6.45) is -4.59. The number of hydrogen-bond acceptors (Lipinski definition) is 10. The molecule has 2 atom stereocenters. The molecule has 0 saturated heterocycles. The first-order valence-electron chi connectivity index (χ1n) is 21.1. The molecule has 0 spiro atoms. The van der Waals surface area contributed by atoms with Crippen LogP contribution in [0.25, 0.3) is 0 Å². The van der Waals surface area contributed by atoms with Crippen molar-refractivity contribution in [1.82, 2.24) is 0 Å². The third kappa shape index (κ3) is 13.8. The smallest absolute Gasteiger partial charge is 0.416 e. The molecule has 6 aromatic carbocycles. The van der Waals surface area contributed by atoms with Gasteiger partial charge in [0.15, 0.2) is 19.7 Å². The van der Waals surface area contributed by atoms with Crippen molar-refractivity contribution in [3.8, 4) is 11.5 Å². The number of amides is 4. The van der Waals surface area contributed by atoms with Crippen LogP contribution in [0, 0.1) is 13.8 Å². The van der Waals surface area contributed by atoms with E-state index in [0.29, 0.717) is 16.1 Å². The molecule has 0 bridgehead atoms. The van der Waals surface area contributed by atoms with Gasteiger partial charge in [0.1, 0.15) is 22.0 Å². The predicted molar refractivity (Wildman–Crippen MR) is 267 cm³/mol. The Morgan fingerprint density at radius 3 is 1.37 bits per heavy atom. The van der Waals surface area contributed by atoms with E-state index in [1.807, 2.05) is 6.92 Å². The number of aryl methyl sites for hydroxylation is 2. The van der Waals surface area contributed by atoms with Crippen LogP contribution < -0.4 is 21.3 Å². The molecule has 0 aliphatic heterocycles. The maximum Gasteiger partial charge on any atom is 0.416 e. The fraction of sp³-hybridized carbons (Fsp3) is 0.184. The number of carbonyl (C=O) groups is 4. The second-order valence-electron chi connectivity index (χ2n) is 15.7. The quantitative estimate of drug-likeness (QED) is 0.0566. The zero-order chi connectivity index (χ0) is 52.6. The van der Waals surface area contributed by atoms with E-state index in [9.17, 15) is 59.4 Å². The first-order chi connectivity index (χ1) is 33.3. The van der Waals surface area contributed by atoms with E-state index in [1.165, 1.54) is 49.4 Å². The van der Waals surface area contributed by atoms with Crippen molar-refractivity contribution >= 4 is 101 Å². The molecule has 0 saturated carbocycles. The standard InChI is InChI=1S/C25H22ClF3N2O5S.C24H22Cl2N2O5S/c1-3-22(37(35,36)17-6-4-5-14(2)11-17)24(34)30-19-13-21(32)20(12-18(19)26)31-23(33)15-7-9-16(10-8-15)25(27,28)29;1-3-22(34(32,33)17-10-8-16(25)9-11-17)24(31)27-19-13-21(29)20(12-18(19)26)28-23(30)15-6-4-14(2)5-7-15/h4-13,22,32H,3H2,1-2H3,(H,30,34)(H,31,33);4-13,22,29H,3H2,1-2H3,(H,27,31)(H,28,30). The number of phenolic OH excluding ortho intramolecular Hbond substituents is 2. The molecule has 0 aromatic heterocycles. The number of anilines is 4. The molecule has 6 rings (SSSR count). The number of sulfone groups is 2. The first-order valence-corrected chi connectivity index (χ1v) is 25.3. The Balaban J connectivity index is 0.000000265. The summed E-state index contributed by atoms with van der Waals surface area (Å²) >= 11 is 18.3. The third-order valence-electron chi connectivity index (χ3n) is 10.5. The number of nitrogens with one attached hydrogen (secondary N) is 4. The van der Waals surface area contributed by atoms with Crippen LogP contribution in [0.4, 0.5) is 35.9 Å². The lowest BCUT2D eigenvalue weighted by molar-refractivity contribution is -0.137. The summed E-state index contributed by atoms with van der Waals surface area (Å²) in [6.45, 7) is 6.72. The van der Waals surface area contributed by atoms with E-state index in [-0.39, 0.29) is 66.7 Å². The monoisotopic (exact) mass is 1070 g/mol. The molecule has 6 N–H and O–H groups in total. The molecular formula is C49H44Cl3F3N4O10S2. The number of phenols is 2. The van der Waals surface area contributed by atoms with Crippen LogP contribution in [0.3, 0.4) is 0 Å². The van der Waals surface area contributed by atoms with Crippen molar-refractivity contribution in [2.45, 2.75) is 67.0 Å². The van der Waals surface area contributed by atoms with Crippen LogP contribution in [-0.2, 0) is 35.4 Å². The van der Waals surface area contributed by atoms with Gasteiger partial charge in [-0.2, -0.15) is 13.2 Å². The topological polar surface area (TPSA) is 225 Å². The average molecular weight is 1080 g/mol. The Morgan fingerprint density at radius 2 is 0.958 bits per heavy atom. The zero-order valence-electron chi connectivity index (χ0n) is 37.9. The Bertz CT molecular complexity index is 3200. The second-order valence-corrected chi connectivity index (χ2v) is 21.2. The normalized spacial score (nSPS) is 12.4. The summed E-state index contributed by atoms with van der Waals surface area (Å²) in [7, 11) is -8.03. The van der Waals surface area contributed by atoms with Crippen molar-refractivity contribution in [3.63, 3.8) is 0 Å². The largest absolute Gasteiger partial charge is 0.506 e. The fourth-order valence-corrected chi connectivity index (χ4v) is 10.6. The molecule has 2 unspecified atom stereocenters. The molecule has 14 nitrogen and oxygen atoms in total. The van der Waals surface area contributed by atoms with Crippen molar-refractivity contribution in [3.05, 3.63) is 164 Å².